The van der Waals surface area contributed by atoms with Gasteiger partial charge in [0.1, 0.15) is 12.7 Å². The molecule has 4 nitrogen and oxygen atoms in total. The van der Waals surface area contributed by atoms with Crippen molar-refractivity contribution in [2.24, 2.45) is 17.6 Å². The Kier molecular flexibility index (Phi) is 3.51. The summed E-state index contributed by atoms with van der Waals surface area (Å²) in [4.78, 5) is 2.53. The zero-order valence-electron chi connectivity index (χ0n) is 12.4. The molecular formula is C17H24N2O2. The molecule has 1 saturated carbocycles. The van der Waals surface area contributed by atoms with Crippen LogP contribution in [0.2, 0.25) is 0 Å². The molecule has 2 fully saturated rings. The minimum absolute atomic E-state index is 0.135. The predicted octanol–water partition coefficient (Wildman–Crippen LogP) is 1.89. The molecule has 1 aromatic rings. The van der Waals surface area contributed by atoms with Gasteiger partial charge in [-0.3, -0.25) is 4.90 Å². The minimum atomic E-state index is 0.135. The molecule has 3 aliphatic rings. The Morgan fingerprint density at radius 2 is 2.00 bits per heavy atom. The minimum Gasteiger partial charge on any atom is -0.486 e. The van der Waals surface area contributed by atoms with E-state index in [2.05, 4.69) is 4.90 Å². The molecule has 4 atom stereocenters. The second-order valence-corrected chi connectivity index (χ2v) is 6.73. The van der Waals surface area contributed by atoms with Gasteiger partial charge in [-0.05, 0) is 36.8 Å². The van der Waals surface area contributed by atoms with E-state index in [4.69, 9.17) is 15.2 Å². The van der Waals surface area contributed by atoms with Crippen molar-refractivity contribution < 1.29 is 9.47 Å². The van der Waals surface area contributed by atoms with E-state index in [1.54, 1.807) is 0 Å². The van der Waals surface area contributed by atoms with Gasteiger partial charge >= 0.3 is 0 Å². The average molecular weight is 288 g/mol. The van der Waals surface area contributed by atoms with Crippen LogP contribution in [-0.4, -0.2) is 43.3 Å². The van der Waals surface area contributed by atoms with Crippen LogP contribution in [0.25, 0.3) is 0 Å². The SMILES string of the molecule is NC1CCCC2CN(CC3COc4ccccc4O3)CC12. The molecule has 21 heavy (non-hydrogen) atoms. The van der Waals surface area contributed by atoms with E-state index in [1.165, 1.54) is 25.8 Å². The van der Waals surface area contributed by atoms with Gasteiger partial charge < -0.3 is 15.2 Å². The number of nitrogens with zero attached hydrogens (tertiary/aromatic N) is 1. The largest absolute Gasteiger partial charge is 0.486 e. The molecular weight excluding hydrogens is 264 g/mol. The highest BCUT2D eigenvalue weighted by Crippen LogP contribution is 2.36. The lowest BCUT2D eigenvalue weighted by Gasteiger charge is -2.30. The molecule has 0 bridgehead atoms. The summed E-state index contributed by atoms with van der Waals surface area (Å²) in [6.45, 7) is 3.91. The van der Waals surface area contributed by atoms with Crippen molar-refractivity contribution in [3.63, 3.8) is 0 Å². The molecule has 114 valence electrons. The summed E-state index contributed by atoms with van der Waals surface area (Å²) in [6, 6.07) is 8.33. The molecule has 1 aromatic carbocycles. The number of hydrogen-bond acceptors (Lipinski definition) is 4. The third kappa shape index (κ3) is 2.62. The fourth-order valence-corrected chi connectivity index (χ4v) is 4.20. The van der Waals surface area contributed by atoms with Crippen LogP contribution in [0.1, 0.15) is 19.3 Å². The van der Waals surface area contributed by atoms with Crippen molar-refractivity contribution in [2.75, 3.05) is 26.2 Å². The van der Waals surface area contributed by atoms with Crippen molar-refractivity contribution in [3.05, 3.63) is 24.3 Å². The summed E-state index contributed by atoms with van der Waals surface area (Å²) in [6.07, 6.45) is 3.98. The van der Waals surface area contributed by atoms with Crippen LogP contribution >= 0.6 is 0 Å². The number of ether oxygens (including phenoxy) is 2. The summed E-state index contributed by atoms with van der Waals surface area (Å²) in [5.74, 6) is 3.23. The fraction of sp³-hybridized carbons (Fsp3) is 0.647. The first-order valence-corrected chi connectivity index (χ1v) is 8.16. The Labute approximate surface area is 126 Å². The summed E-state index contributed by atoms with van der Waals surface area (Å²) in [5, 5.41) is 0. The Balaban J connectivity index is 1.37. The van der Waals surface area contributed by atoms with Gasteiger partial charge in [-0.15, -0.1) is 0 Å². The van der Waals surface area contributed by atoms with Crippen molar-refractivity contribution in [1.82, 2.24) is 4.90 Å². The summed E-state index contributed by atoms with van der Waals surface area (Å²) < 4.78 is 11.9. The lowest BCUT2D eigenvalue weighted by Crippen LogP contribution is -2.41. The number of rotatable bonds is 2. The number of benzene rings is 1. The third-order valence-corrected chi connectivity index (χ3v) is 5.26. The maximum atomic E-state index is 6.30. The van der Waals surface area contributed by atoms with Crippen LogP contribution in [0.15, 0.2) is 24.3 Å². The monoisotopic (exact) mass is 288 g/mol. The predicted molar refractivity (Wildman–Crippen MR) is 81.6 cm³/mol. The van der Waals surface area contributed by atoms with E-state index in [9.17, 15) is 0 Å². The Morgan fingerprint density at radius 3 is 2.86 bits per heavy atom. The summed E-state index contributed by atoms with van der Waals surface area (Å²) >= 11 is 0. The van der Waals surface area contributed by atoms with Crippen LogP contribution in [0.4, 0.5) is 0 Å². The third-order valence-electron chi connectivity index (χ3n) is 5.26. The lowest BCUT2D eigenvalue weighted by molar-refractivity contribution is 0.0634. The normalized spacial score (nSPS) is 35.5. The van der Waals surface area contributed by atoms with Gasteiger partial charge in [0.25, 0.3) is 0 Å². The Bertz CT molecular complexity index is 507. The summed E-state index contributed by atoms with van der Waals surface area (Å²) in [7, 11) is 0. The quantitative estimate of drug-likeness (QED) is 0.903. The molecule has 4 heteroatoms. The molecule has 2 heterocycles. The topological polar surface area (TPSA) is 47.7 Å². The Morgan fingerprint density at radius 1 is 1.14 bits per heavy atom. The van der Waals surface area contributed by atoms with Crippen LogP contribution in [-0.2, 0) is 0 Å². The highest BCUT2D eigenvalue weighted by atomic mass is 16.6. The number of para-hydroxylation sites is 2. The highest BCUT2D eigenvalue weighted by molar-refractivity contribution is 5.40. The zero-order valence-corrected chi connectivity index (χ0v) is 12.4. The van der Waals surface area contributed by atoms with E-state index >= 15 is 0 Å². The Hall–Kier alpha value is -1.26. The van der Waals surface area contributed by atoms with Crippen molar-refractivity contribution >= 4 is 0 Å². The van der Waals surface area contributed by atoms with E-state index in [-0.39, 0.29) is 6.10 Å². The van der Waals surface area contributed by atoms with Gasteiger partial charge in [0, 0.05) is 25.7 Å². The number of fused-ring (bicyclic) bond motifs is 2. The van der Waals surface area contributed by atoms with Gasteiger partial charge in [-0.1, -0.05) is 18.6 Å². The maximum Gasteiger partial charge on any atom is 0.161 e. The second kappa shape index (κ2) is 5.50. The number of nitrogens with two attached hydrogens (primary N) is 1. The molecule has 0 radical (unpaired) electrons. The average Bonchev–Trinajstić information content (AvgIpc) is 2.91. The molecule has 2 aliphatic heterocycles. The second-order valence-electron chi connectivity index (χ2n) is 6.73. The van der Waals surface area contributed by atoms with Crippen LogP contribution in [0.3, 0.4) is 0 Å². The number of hydrogen-bond donors (Lipinski definition) is 1. The van der Waals surface area contributed by atoms with Gasteiger partial charge in [-0.2, -0.15) is 0 Å². The molecule has 1 saturated heterocycles. The van der Waals surface area contributed by atoms with Crippen molar-refractivity contribution in [3.8, 4) is 11.5 Å². The molecule has 0 spiro atoms. The van der Waals surface area contributed by atoms with E-state index in [0.29, 0.717) is 18.6 Å². The van der Waals surface area contributed by atoms with Crippen LogP contribution < -0.4 is 15.2 Å². The standard InChI is InChI=1S/C17H24N2O2/c18-15-5-3-4-12-8-19(10-14(12)15)9-13-11-20-16-6-1-2-7-17(16)21-13/h1-2,6-7,12-15H,3-5,8-11,18H2. The number of likely N-dealkylation sites (tertiary alicyclic amines) is 1. The molecule has 4 unspecified atom stereocenters. The van der Waals surface area contributed by atoms with Crippen LogP contribution in [0, 0.1) is 11.8 Å². The zero-order chi connectivity index (χ0) is 14.2. The van der Waals surface area contributed by atoms with Gasteiger partial charge in [0.15, 0.2) is 11.5 Å². The highest BCUT2D eigenvalue weighted by Gasteiger charge is 2.39. The van der Waals surface area contributed by atoms with Gasteiger partial charge in [-0.25, -0.2) is 0 Å². The first-order valence-electron chi connectivity index (χ1n) is 8.16. The van der Waals surface area contributed by atoms with E-state index < -0.39 is 0 Å². The fourth-order valence-electron chi connectivity index (χ4n) is 4.20. The van der Waals surface area contributed by atoms with Crippen molar-refractivity contribution in [1.29, 1.82) is 0 Å². The smallest absolute Gasteiger partial charge is 0.161 e. The first-order chi connectivity index (χ1) is 10.3. The van der Waals surface area contributed by atoms with E-state index in [0.717, 1.165) is 30.5 Å². The van der Waals surface area contributed by atoms with Gasteiger partial charge in [0.2, 0.25) is 0 Å². The first kappa shape index (κ1) is 13.4. The molecule has 2 N–H and O–H groups in total. The molecule has 0 aromatic heterocycles. The lowest BCUT2D eigenvalue weighted by atomic mass is 9.78. The molecule has 4 rings (SSSR count). The molecule has 0 amide bonds. The molecule has 1 aliphatic carbocycles. The van der Waals surface area contributed by atoms with Gasteiger partial charge in [0.05, 0.1) is 0 Å². The van der Waals surface area contributed by atoms with Crippen molar-refractivity contribution in [2.45, 2.75) is 31.4 Å². The maximum absolute atomic E-state index is 6.30. The van der Waals surface area contributed by atoms with E-state index in [1.807, 2.05) is 24.3 Å². The van der Waals surface area contributed by atoms with Crippen LogP contribution in [0.5, 0.6) is 11.5 Å². The summed E-state index contributed by atoms with van der Waals surface area (Å²) in [5.41, 5.74) is 6.30.